The van der Waals surface area contributed by atoms with Gasteiger partial charge in [-0.1, -0.05) is 0 Å². The normalized spacial score (nSPS) is 29.1. The topological polar surface area (TPSA) is 87.2 Å². The lowest BCUT2D eigenvalue weighted by molar-refractivity contribution is -0.137. The second-order valence-corrected chi connectivity index (χ2v) is 10.7. The van der Waals surface area contributed by atoms with Crippen molar-refractivity contribution < 1.29 is 22.7 Å². The number of hydrogen-bond donors (Lipinski definition) is 0. The van der Waals surface area contributed by atoms with Crippen molar-refractivity contribution in [2.45, 2.75) is 70.6 Å². The van der Waals surface area contributed by atoms with Crippen molar-refractivity contribution in [2.75, 3.05) is 31.9 Å². The molecule has 0 radical (unpaired) electrons. The van der Waals surface area contributed by atoms with Crippen molar-refractivity contribution in [3.8, 4) is 0 Å². The minimum atomic E-state index is -3.19. The number of amides is 2. The first kappa shape index (κ1) is 20.4. The first-order valence-electron chi connectivity index (χ1n) is 9.86. The molecular weight excluding hydrogens is 370 g/mol. The van der Waals surface area contributed by atoms with Crippen LogP contribution in [0, 0.1) is 0 Å². The van der Waals surface area contributed by atoms with E-state index in [0.717, 1.165) is 19.3 Å². The van der Waals surface area contributed by atoms with Crippen LogP contribution < -0.4 is 0 Å². The zero-order valence-electron chi connectivity index (χ0n) is 16.5. The molecule has 27 heavy (non-hydrogen) atoms. The maximum atomic E-state index is 13.1. The Bertz CT molecular complexity index is 688. The van der Waals surface area contributed by atoms with Crippen LogP contribution in [0.3, 0.4) is 0 Å². The number of rotatable bonds is 2. The Morgan fingerprint density at radius 1 is 1.00 bits per heavy atom. The van der Waals surface area contributed by atoms with Crippen LogP contribution in [0.1, 0.15) is 52.9 Å². The van der Waals surface area contributed by atoms with Gasteiger partial charge in [-0.15, -0.1) is 0 Å². The molecular formula is C18H31N3O5S. The largest absolute Gasteiger partial charge is 0.444 e. The fraction of sp³-hybridized carbons (Fsp3) is 0.889. The predicted octanol–water partition coefficient (Wildman–Crippen LogP) is 1.41. The average Bonchev–Trinajstić information content (AvgIpc) is 3.18. The van der Waals surface area contributed by atoms with Crippen LogP contribution in [0.5, 0.6) is 0 Å². The number of nitrogens with zero attached hydrogens (tertiary/aromatic N) is 3. The van der Waals surface area contributed by atoms with E-state index in [1.807, 2.05) is 20.8 Å². The molecule has 0 aromatic heterocycles. The first-order chi connectivity index (χ1) is 12.6. The molecule has 8 nitrogen and oxygen atoms in total. The molecule has 2 atom stereocenters. The van der Waals surface area contributed by atoms with Gasteiger partial charge in [-0.25, -0.2) is 13.2 Å². The third-order valence-corrected chi connectivity index (χ3v) is 7.42. The monoisotopic (exact) mass is 401 g/mol. The Balaban J connectivity index is 1.66. The second-order valence-electron chi connectivity index (χ2n) is 8.69. The summed E-state index contributed by atoms with van der Waals surface area (Å²) < 4.78 is 31.5. The van der Waals surface area contributed by atoms with E-state index < -0.39 is 27.8 Å². The number of carbonyl (C=O) groups excluding carboxylic acids is 2. The quantitative estimate of drug-likeness (QED) is 0.698. The number of hydrogen-bond acceptors (Lipinski definition) is 5. The minimum absolute atomic E-state index is 0.0837. The maximum absolute atomic E-state index is 13.1. The summed E-state index contributed by atoms with van der Waals surface area (Å²) >= 11 is 0. The predicted molar refractivity (Wildman–Crippen MR) is 101 cm³/mol. The Morgan fingerprint density at radius 3 is 2.33 bits per heavy atom. The molecule has 0 bridgehead atoms. The number of likely N-dealkylation sites (tertiary alicyclic amines) is 2. The van der Waals surface area contributed by atoms with Gasteiger partial charge in [0, 0.05) is 32.2 Å². The van der Waals surface area contributed by atoms with Crippen LogP contribution in [0.4, 0.5) is 4.79 Å². The van der Waals surface area contributed by atoms with Crippen molar-refractivity contribution in [1.82, 2.24) is 14.1 Å². The number of ether oxygens (including phenoxy) is 1. The fourth-order valence-corrected chi connectivity index (χ4v) is 5.99. The van der Waals surface area contributed by atoms with Crippen LogP contribution >= 0.6 is 0 Å². The van der Waals surface area contributed by atoms with Crippen LogP contribution in [-0.2, 0) is 19.6 Å². The van der Waals surface area contributed by atoms with Crippen molar-refractivity contribution in [2.24, 2.45) is 0 Å². The van der Waals surface area contributed by atoms with Crippen LogP contribution in [0.15, 0.2) is 0 Å². The summed E-state index contributed by atoms with van der Waals surface area (Å²) in [4.78, 5) is 28.9. The van der Waals surface area contributed by atoms with Gasteiger partial charge < -0.3 is 9.64 Å². The van der Waals surface area contributed by atoms with Crippen molar-refractivity contribution in [3.63, 3.8) is 0 Å². The molecule has 0 N–H and O–H groups in total. The highest BCUT2D eigenvalue weighted by atomic mass is 32.2. The van der Waals surface area contributed by atoms with Gasteiger partial charge in [-0.05, 0) is 52.9 Å². The lowest BCUT2D eigenvalue weighted by Crippen LogP contribution is -2.55. The highest BCUT2D eigenvalue weighted by molar-refractivity contribution is 7.89. The van der Waals surface area contributed by atoms with Crippen LogP contribution in [0.2, 0.25) is 0 Å². The Labute approximate surface area is 161 Å². The zero-order valence-corrected chi connectivity index (χ0v) is 17.3. The average molecular weight is 402 g/mol. The van der Waals surface area contributed by atoms with Crippen molar-refractivity contribution in [1.29, 1.82) is 0 Å². The van der Waals surface area contributed by atoms with Crippen molar-refractivity contribution >= 4 is 22.0 Å². The van der Waals surface area contributed by atoms with Gasteiger partial charge in [0.15, 0.2) is 0 Å². The van der Waals surface area contributed by atoms with Crippen molar-refractivity contribution in [3.05, 3.63) is 0 Å². The molecule has 3 aliphatic rings. The second kappa shape index (κ2) is 7.58. The SMILES string of the molecule is CC(C)(C)OC(=O)N1CCC[C@H]1C(=O)N1CCC[C@@H](N2CCCS2(=O)=O)C1. The fourth-order valence-electron chi connectivity index (χ4n) is 4.23. The number of piperidine rings is 1. The molecule has 0 aliphatic carbocycles. The molecule has 2 amide bonds. The van der Waals surface area contributed by atoms with Crippen LogP contribution in [-0.4, -0.2) is 84.1 Å². The lowest BCUT2D eigenvalue weighted by atomic mass is 10.0. The minimum Gasteiger partial charge on any atom is -0.444 e. The van der Waals surface area contributed by atoms with E-state index >= 15 is 0 Å². The van der Waals surface area contributed by atoms with Gasteiger partial charge in [0.2, 0.25) is 15.9 Å². The van der Waals surface area contributed by atoms with Gasteiger partial charge in [-0.3, -0.25) is 9.69 Å². The van der Waals surface area contributed by atoms with E-state index in [1.165, 1.54) is 4.90 Å². The number of carbonyl (C=O) groups is 2. The molecule has 9 heteroatoms. The van der Waals surface area contributed by atoms with Gasteiger partial charge in [-0.2, -0.15) is 4.31 Å². The van der Waals surface area contributed by atoms with E-state index in [4.69, 9.17) is 4.74 Å². The molecule has 154 valence electrons. The molecule has 0 unspecified atom stereocenters. The summed E-state index contributed by atoms with van der Waals surface area (Å²) in [6.45, 7) is 7.51. The third kappa shape index (κ3) is 4.56. The summed E-state index contributed by atoms with van der Waals surface area (Å²) in [7, 11) is -3.19. The molecule has 0 spiro atoms. The molecule has 0 aromatic carbocycles. The summed E-state index contributed by atoms with van der Waals surface area (Å²) in [5.74, 6) is 0.117. The molecule has 3 aliphatic heterocycles. The molecule has 3 saturated heterocycles. The zero-order chi connectivity index (χ0) is 19.8. The van der Waals surface area contributed by atoms with Crippen LogP contribution in [0.25, 0.3) is 0 Å². The van der Waals surface area contributed by atoms with Gasteiger partial charge in [0.25, 0.3) is 0 Å². The smallest absolute Gasteiger partial charge is 0.410 e. The first-order valence-corrected chi connectivity index (χ1v) is 11.5. The van der Waals surface area contributed by atoms with E-state index in [9.17, 15) is 18.0 Å². The van der Waals surface area contributed by atoms with Gasteiger partial charge in [0.1, 0.15) is 11.6 Å². The van der Waals surface area contributed by atoms with E-state index in [1.54, 1.807) is 9.21 Å². The van der Waals surface area contributed by atoms with Gasteiger partial charge >= 0.3 is 6.09 Å². The Morgan fingerprint density at radius 2 is 1.70 bits per heavy atom. The van der Waals surface area contributed by atoms with E-state index in [0.29, 0.717) is 39.0 Å². The third-order valence-electron chi connectivity index (χ3n) is 5.42. The molecule has 3 rings (SSSR count). The summed E-state index contributed by atoms with van der Waals surface area (Å²) in [5, 5.41) is 0. The Kier molecular flexibility index (Phi) is 5.72. The summed E-state index contributed by atoms with van der Waals surface area (Å²) in [6, 6.07) is -0.652. The highest BCUT2D eigenvalue weighted by Crippen LogP contribution is 2.27. The standard InChI is InChI=1S/C18H31N3O5S/c1-18(2,3)26-17(23)20-10-5-8-15(20)16(22)19-9-4-7-14(13-19)21-11-6-12-27(21,24)25/h14-15H,4-13H2,1-3H3/t14-,15+/m1/s1. The number of sulfonamides is 1. The van der Waals surface area contributed by atoms with E-state index in [2.05, 4.69) is 0 Å². The molecule has 3 fully saturated rings. The highest BCUT2D eigenvalue weighted by Gasteiger charge is 2.42. The molecule has 3 heterocycles. The molecule has 0 saturated carbocycles. The lowest BCUT2D eigenvalue weighted by Gasteiger charge is -2.39. The molecule has 0 aromatic rings. The van der Waals surface area contributed by atoms with Gasteiger partial charge in [0.05, 0.1) is 5.75 Å². The van der Waals surface area contributed by atoms with E-state index in [-0.39, 0.29) is 17.7 Å². The Hall–Kier alpha value is -1.35. The maximum Gasteiger partial charge on any atom is 0.410 e. The summed E-state index contributed by atoms with van der Waals surface area (Å²) in [5.41, 5.74) is -0.604. The summed E-state index contributed by atoms with van der Waals surface area (Å²) in [6.07, 6.45) is 3.16.